The molecule has 0 spiro atoms. The van der Waals surface area contributed by atoms with Crippen LogP contribution in [0.5, 0.6) is 23.0 Å². The van der Waals surface area contributed by atoms with Crippen molar-refractivity contribution in [2.75, 3.05) is 14.2 Å². The Morgan fingerprint density at radius 1 is 1.00 bits per heavy atom. The molecule has 87 valence electrons. The Balaban J connectivity index is 2.22. The minimum atomic E-state index is 0.625. The molecule has 4 heteroatoms. The molecule has 0 bridgehead atoms. The van der Waals surface area contributed by atoms with E-state index in [1.807, 2.05) is 0 Å². The SMILES string of the molecule is COc1ccc(Oc2cc[c]nc2)cc1OC. The molecule has 1 aromatic carbocycles. The van der Waals surface area contributed by atoms with E-state index in [1.54, 1.807) is 50.7 Å². The molecular weight excluding hydrogens is 218 g/mol. The fourth-order valence-electron chi connectivity index (χ4n) is 1.38. The van der Waals surface area contributed by atoms with Gasteiger partial charge in [0.05, 0.1) is 26.6 Å². The van der Waals surface area contributed by atoms with Crippen LogP contribution in [0.15, 0.2) is 36.5 Å². The molecular formula is C13H12NO3. The van der Waals surface area contributed by atoms with E-state index < -0.39 is 0 Å². The Morgan fingerprint density at radius 3 is 2.47 bits per heavy atom. The van der Waals surface area contributed by atoms with Crippen molar-refractivity contribution in [1.82, 2.24) is 4.98 Å². The maximum Gasteiger partial charge on any atom is 0.164 e. The van der Waals surface area contributed by atoms with Crippen molar-refractivity contribution in [3.8, 4) is 23.0 Å². The lowest BCUT2D eigenvalue weighted by molar-refractivity contribution is 0.352. The van der Waals surface area contributed by atoms with Crippen LogP contribution in [0.4, 0.5) is 0 Å². The second-order valence-corrected chi connectivity index (χ2v) is 3.24. The smallest absolute Gasteiger partial charge is 0.164 e. The van der Waals surface area contributed by atoms with Crippen molar-refractivity contribution in [1.29, 1.82) is 0 Å². The van der Waals surface area contributed by atoms with Crippen LogP contribution in [0.25, 0.3) is 0 Å². The zero-order valence-corrected chi connectivity index (χ0v) is 9.64. The molecule has 1 radical (unpaired) electrons. The summed E-state index contributed by atoms with van der Waals surface area (Å²) in [6.45, 7) is 0. The van der Waals surface area contributed by atoms with Gasteiger partial charge in [0.1, 0.15) is 11.5 Å². The monoisotopic (exact) mass is 230 g/mol. The van der Waals surface area contributed by atoms with E-state index in [4.69, 9.17) is 14.2 Å². The van der Waals surface area contributed by atoms with Crippen LogP contribution in [0, 0.1) is 6.20 Å². The quantitative estimate of drug-likeness (QED) is 0.809. The number of benzene rings is 1. The molecule has 0 atom stereocenters. The molecule has 0 unspecified atom stereocenters. The average Bonchev–Trinajstić information content (AvgIpc) is 2.40. The largest absolute Gasteiger partial charge is 0.493 e. The summed E-state index contributed by atoms with van der Waals surface area (Å²) in [5.41, 5.74) is 0. The highest BCUT2D eigenvalue weighted by molar-refractivity contribution is 5.46. The van der Waals surface area contributed by atoms with E-state index in [0.29, 0.717) is 23.0 Å². The first-order chi connectivity index (χ1) is 8.33. The molecule has 4 nitrogen and oxygen atoms in total. The summed E-state index contributed by atoms with van der Waals surface area (Å²) in [6.07, 6.45) is 4.28. The maximum absolute atomic E-state index is 5.60. The standard InChI is InChI=1S/C13H12NO3/c1-15-12-6-5-10(8-13(12)16-2)17-11-4-3-7-14-9-11/h3-6,8-9H,1-2H3. The van der Waals surface area contributed by atoms with Crippen molar-refractivity contribution >= 4 is 0 Å². The number of methoxy groups -OCH3 is 2. The lowest BCUT2D eigenvalue weighted by atomic mass is 10.3. The van der Waals surface area contributed by atoms with Crippen LogP contribution in [-0.4, -0.2) is 19.2 Å². The van der Waals surface area contributed by atoms with Gasteiger partial charge >= 0.3 is 0 Å². The zero-order valence-electron chi connectivity index (χ0n) is 9.64. The number of pyridine rings is 1. The van der Waals surface area contributed by atoms with E-state index in [2.05, 4.69) is 11.2 Å². The van der Waals surface area contributed by atoms with Gasteiger partial charge in [0.2, 0.25) is 0 Å². The highest BCUT2D eigenvalue weighted by Crippen LogP contribution is 2.32. The number of hydrogen-bond donors (Lipinski definition) is 0. The summed E-state index contributed by atoms with van der Waals surface area (Å²) in [5, 5.41) is 0. The van der Waals surface area contributed by atoms with Crippen molar-refractivity contribution in [3.05, 3.63) is 42.7 Å². The Kier molecular flexibility index (Phi) is 3.45. The highest BCUT2D eigenvalue weighted by atomic mass is 16.5. The molecule has 0 amide bonds. The van der Waals surface area contributed by atoms with E-state index in [-0.39, 0.29) is 0 Å². The normalized spacial score (nSPS) is 9.76. The minimum Gasteiger partial charge on any atom is -0.493 e. The molecule has 17 heavy (non-hydrogen) atoms. The van der Waals surface area contributed by atoms with E-state index in [1.165, 1.54) is 0 Å². The van der Waals surface area contributed by atoms with Crippen LogP contribution < -0.4 is 14.2 Å². The summed E-state index contributed by atoms with van der Waals surface area (Å²) in [4.78, 5) is 3.85. The maximum atomic E-state index is 5.60. The number of rotatable bonds is 4. The number of ether oxygens (including phenoxy) is 3. The lowest BCUT2D eigenvalue weighted by Gasteiger charge is -2.10. The third-order valence-corrected chi connectivity index (χ3v) is 2.18. The first-order valence-electron chi connectivity index (χ1n) is 5.05. The van der Waals surface area contributed by atoms with Gasteiger partial charge in [0, 0.05) is 6.07 Å². The van der Waals surface area contributed by atoms with Gasteiger partial charge in [-0.05, 0) is 24.3 Å². The molecule has 2 rings (SSSR count). The predicted octanol–water partition coefficient (Wildman–Crippen LogP) is 2.69. The van der Waals surface area contributed by atoms with Gasteiger partial charge in [-0.25, -0.2) is 0 Å². The molecule has 0 saturated carbocycles. The molecule has 1 aromatic heterocycles. The molecule has 0 fully saturated rings. The third kappa shape index (κ3) is 2.66. The fourth-order valence-corrected chi connectivity index (χ4v) is 1.38. The van der Waals surface area contributed by atoms with Crippen molar-refractivity contribution < 1.29 is 14.2 Å². The van der Waals surface area contributed by atoms with Crippen molar-refractivity contribution in [3.63, 3.8) is 0 Å². The molecule has 0 N–H and O–H groups in total. The Labute approximate surface area is 99.8 Å². The molecule has 0 aliphatic carbocycles. The number of aromatic nitrogens is 1. The van der Waals surface area contributed by atoms with Gasteiger partial charge in [0.15, 0.2) is 11.5 Å². The summed E-state index contributed by atoms with van der Waals surface area (Å²) >= 11 is 0. The molecule has 0 aliphatic heterocycles. The Morgan fingerprint density at radius 2 is 1.82 bits per heavy atom. The second kappa shape index (κ2) is 5.21. The van der Waals surface area contributed by atoms with E-state index >= 15 is 0 Å². The first-order valence-corrected chi connectivity index (χ1v) is 5.05. The van der Waals surface area contributed by atoms with Crippen molar-refractivity contribution in [2.24, 2.45) is 0 Å². The Hall–Kier alpha value is -2.23. The lowest BCUT2D eigenvalue weighted by Crippen LogP contribution is -1.91. The van der Waals surface area contributed by atoms with Gasteiger partial charge in [-0.2, -0.15) is 0 Å². The zero-order chi connectivity index (χ0) is 12.1. The van der Waals surface area contributed by atoms with Gasteiger partial charge in [-0.1, -0.05) is 0 Å². The van der Waals surface area contributed by atoms with Crippen molar-refractivity contribution in [2.45, 2.75) is 0 Å². The first kappa shape index (κ1) is 11.3. The summed E-state index contributed by atoms with van der Waals surface area (Å²) < 4.78 is 15.9. The van der Waals surface area contributed by atoms with E-state index in [9.17, 15) is 0 Å². The molecule has 0 aliphatic rings. The van der Waals surface area contributed by atoms with E-state index in [0.717, 1.165) is 0 Å². The topological polar surface area (TPSA) is 40.6 Å². The van der Waals surface area contributed by atoms with Gasteiger partial charge < -0.3 is 14.2 Å². The summed E-state index contributed by atoms with van der Waals surface area (Å²) in [7, 11) is 3.18. The average molecular weight is 230 g/mol. The molecule has 2 aromatic rings. The summed E-state index contributed by atoms with van der Waals surface area (Å²) in [5.74, 6) is 2.60. The van der Waals surface area contributed by atoms with Crippen LogP contribution >= 0.6 is 0 Å². The van der Waals surface area contributed by atoms with Gasteiger partial charge in [-0.3, -0.25) is 4.98 Å². The predicted molar refractivity (Wildman–Crippen MR) is 62.7 cm³/mol. The number of nitrogens with zero attached hydrogens (tertiary/aromatic N) is 1. The number of hydrogen-bond acceptors (Lipinski definition) is 4. The second-order valence-electron chi connectivity index (χ2n) is 3.24. The highest BCUT2D eigenvalue weighted by Gasteiger charge is 2.05. The van der Waals surface area contributed by atoms with Crippen LogP contribution in [-0.2, 0) is 0 Å². The minimum absolute atomic E-state index is 0.625. The van der Waals surface area contributed by atoms with Gasteiger partial charge in [0.25, 0.3) is 0 Å². The molecule has 0 saturated heterocycles. The molecule has 1 heterocycles. The van der Waals surface area contributed by atoms with Crippen LogP contribution in [0.1, 0.15) is 0 Å². The summed E-state index contributed by atoms with van der Waals surface area (Å²) in [6, 6.07) is 8.82. The van der Waals surface area contributed by atoms with Gasteiger partial charge in [-0.15, -0.1) is 0 Å². The fraction of sp³-hybridized carbons (Fsp3) is 0.154. The van der Waals surface area contributed by atoms with Crippen LogP contribution in [0.3, 0.4) is 0 Å². The third-order valence-electron chi connectivity index (χ3n) is 2.18. The Bertz CT molecular complexity index is 485. The van der Waals surface area contributed by atoms with Crippen LogP contribution in [0.2, 0.25) is 0 Å².